The van der Waals surface area contributed by atoms with Gasteiger partial charge in [-0.05, 0) is 29.2 Å². The lowest BCUT2D eigenvalue weighted by atomic mass is 9.87. The number of aromatic nitrogens is 2. The van der Waals surface area contributed by atoms with E-state index in [2.05, 4.69) is 30.7 Å². The van der Waals surface area contributed by atoms with Gasteiger partial charge >= 0.3 is 0 Å². The number of benzene rings is 2. The Bertz CT molecular complexity index is 1300. The van der Waals surface area contributed by atoms with E-state index in [9.17, 15) is 8.42 Å². The molecule has 1 fully saturated rings. The molecule has 2 aromatic carbocycles. The molecule has 1 aromatic heterocycles. The molecule has 2 heterocycles. The van der Waals surface area contributed by atoms with E-state index < -0.39 is 10.0 Å². The molecule has 0 atom stereocenters. The third-order valence-corrected chi connectivity index (χ3v) is 8.01. The maximum absolute atomic E-state index is 13.2. The maximum atomic E-state index is 13.2. The molecule has 1 aliphatic heterocycles. The van der Waals surface area contributed by atoms with Crippen molar-refractivity contribution in [2.45, 2.75) is 31.1 Å². The van der Waals surface area contributed by atoms with Gasteiger partial charge in [0.25, 0.3) is 0 Å². The molecule has 0 spiro atoms. The molecule has 11 heteroatoms. The highest BCUT2D eigenvalue weighted by atomic mass is 35.5. The highest BCUT2D eigenvalue weighted by Gasteiger charge is 2.30. The number of methoxy groups -OCH3 is 2. The first kappa shape index (κ1) is 26.8. The summed E-state index contributed by atoms with van der Waals surface area (Å²) in [5, 5.41) is 0.668. The normalized spacial score (nSPS) is 15.1. The number of halogens is 1. The third-order valence-electron chi connectivity index (χ3n) is 6.10. The SMILES string of the molecule is COc1cc2nc(N3CCN(S(=O)(=O)c4ccc(C(C)(C)C)cc4)CC3)nc(N)c2cc1OC.Cl. The molecule has 2 N–H and O–H groups in total. The van der Waals surface area contributed by atoms with E-state index >= 15 is 0 Å². The molecule has 0 aliphatic carbocycles. The number of piperazine rings is 1. The monoisotopic (exact) mass is 521 g/mol. The van der Waals surface area contributed by atoms with Gasteiger partial charge in [-0.15, -0.1) is 12.4 Å². The highest BCUT2D eigenvalue weighted by Crippen LogP contribution is 2.34. The van der Waals surface area contributed by atoms with E-state index in [0.29, 0.717) is 65.2 Å². The number of sulfonamides is 1. The zero-order chi connectivity index (χ0) is 24.7. The van der Waals surface area contributed by atoms with Crippen molar-refractivity contribution in [2.24, 2.45) is 0 Å². The maximum Gasteiger partial charge on any atom is 0.243 e. The summed E-state index contributed by atoms with van der Waals surface area (Å²) in [6.45, 7) is 7.88. The summed E-state index contributed by atoms with van der Waals surface area (Å²) in [5.41, 5.74) is 7.90. The average molecular weight is 522 g/mol. The zero-order valence-electron chi connectivity index (χ0n) is 20.6. The van der Waals surface area contributed by atoms with E-state index in [4.69, 9.17) is 15.2 Å². The van der Waals surface area contributed by atoms with Crippen LogP contribution in [0.2, 0.25) is 0 Å². The largest absolute Gasteiger partial charge is 0.493 e. The van der Waals surface area contributed by atoms with Crippen LogP contribution in [0.5, 0.6) is 11.5 Å². The summed E-state index contributed by atoms with van der Waals surface area (Å²) < 4.78 is 38.6. The molecule has 0 amide bonds. The van der Waals surface area contributed by atoms with Gasteiger partial charge in [0.05, 0.1) is 24.6 Å². The number of nitrogens with two attached hydrogens (primary N) is 1. The number of rotatable bonds is 5. The highest BCUT2D eigenvalue weighted by molar-refractivity contribution is 7.89. The Morgan fingerprint density at radius 2 is 1.49 bits per heavy atom. The number of hydrogen-bond donors (Lipinski definition) is 1. The molecule has 3 aromatic rings. The second kappa shape index (κ2) is 10.0. The number of nitrogens with zero attached hydrogens (tertiary/aromatic N) is 4. The standard InChI is InChI=1S/C24H31N5O4S.ClH/c1-24(2,3)16-6-8-17(9-7-16)34(30,31)29-12-10-28(11-13-29)23-26-19-15-21(33-5)20(32-4)14-18(19)22(25)27-23;/h6-9,14-15H,10-13H2,1-5H3,(H2,25,26,27);1H. The summed E-state index contributed by atoms with van der Waals surface area (Å²) >= 11 is 0. The molecule has 1 aliphatic rings. The fourth-order valence-corrected chi connectivity index (χ4v) is 5.43. The van der Waals surface area contributed by atoms with Gasteiger partial charge < -0.3 is 20.1 Å². The quantitative estimate of drug-likeness (QED) is 0.543. The number of anilines is 2. The van der Waals surface area contributed by atoms with Crippen LogP contribution in [0.3, 0.4) is 0 Å². The van der Waals surface area contributed by atoms with E-state index in [0.717, 1.165) is 5.56 Å². The molecule has 0 unspecified atom stereocenters. The number of hydrogen-bond acceptors (Lipinski definition) is 8. The van der Waals surface area contributed by atoms with Crippen LogP contribution in [0.1, 0.15) is 26.3 Å². The van der Waals surface area contributed by atoms with Crippen molar-refractivity contribution in [3.63, 3.8) is 0 Å². The van der Waals surface area contributed by atoms with Gasteiger partial charge in [-0.3, -0.25) is 0 Å². The molecule has 0 saturated carbocycles. The Kier molecular flexibility index (Phi) is 7.68. The van der Waals surface area contributed by atoms with Crippen molar-refractivity contribution in [1.29, 1.82) is 0 Å². The van der Waals surface area contributed by atoms with Gasteiger partial charge in [-0.2, -0.15) is 9.29 Å². The van der Waals surface area contributed by atoms with E-state index in [-0.39, 0.29) is 17.8 Å². The van der Waals surface area contributed by atoms with Crippen molar-refractivity contribution < 1.29 is 17.9 Å². The Hall–Kier alpha value is -2.82. The molecule has 9 nitrogen and oxygen atoms in total. The van der Waals surface area contributed by atoms with Crippen LogP contribution in [-0.2, 0) is 15.4 Å². The summed E-state index contributed by atoms with van der Waals surface area (Å²) in [5.74, 6) is 1.89. The first-order valence-corrected chi connectivity index (χ1v) is 12.5. The predicted octanol–water partition coefficient (Wildman–Crippen LogP) is 3.46. The smallest absolute Gasteiger partial charge is 0.243 e. The molecule has 0 bridgehead atoms. The van der Waals surface area contributed by atoms with Gasteiger partial charge in [-0.25, -0.2) is 13.4 Å². The molecule has 0 radical (unpaired) electrons. The molecular formula is C24H32ClN5O4S. The van der Waals surface area contributed by atoms with Crippen molar-refractivity contribution in [3.8, 4) is 11.5 Å². The van der Waals surface area contributed by atoms with Crippen LogP contribution < -0.4 is 20.1 Å². The second-order valence-corrected chi connectivity index (χ2v) is 11.2. The Labute approximate surface area is 212 Å². The van der Waals surface area contributed by atoms with E-state index in [1.165, 1.54) is 4.31 Å². The van der Waals surface area contributed by atoms with Crippen LogP contribution >= 0.6 is 12.4 Å². The Morgan fingerprint density at radius 3 is 2.03 bits per heavy atom. The fraction of sp³-hybridized carbons (Fsp3) is 0.417. The van der Waals surface area contributed by atoms with Crippen LogP contribution in [0.25, 0.3) is 10.9 Å². The van der Waals surface area contributed by atoms with E-state index in [1.807, 2.05) is 17.0 Å². The van der Waals surface area contributed by atoms with Crippen LogP contribution in [-0.4, -0.2) is 63.1 Å². The predicted molar refractivity (Wildman–Crippen MR) is 140 cm³/mol. The lowest BCUT2D eigenvalue weighted by Gasteiger charge is -2.34. The number of ether oxygens (including phenoxy) is 2. The number of nitrogen functional groups attached to an aromatic ring is 1. The average Bonchev–Trinajstić information content (AvgIpc) is 2.82. The minimum absolute atomic E-state index is 0. The molecule has 4 rings (SSSR count). The summed E-state index contributed by atoms with van der Waals surface area (Å²) in [6, 6.07) is 10.7. The van der Waals surface area contributed by atoms with Crippen molar-refractivity contribution in [3.05, 3.63) is 42.0 Å². The van der Waals surface area contributed by atoms with Crippen LogP contribution in [0.15, 0.2) is 41.3 Å². The zero-order valence-corrected chi connectivity index (χ0v) is 22.2. The van der Waals surface area contributed by atoms with Crippen molar-refractivity contribution >= 4 is 45.1 Å². The first-order valence-electron chi connectivity index (χ1n) is 11.1. The van der Waals surface area contributed by atoms with Crippen LogP contribution in [0, 0.1) is 0 Å². The minimum atomic E-state index is -3.58. The van der Waals surface area contributed by atoms with Crippen LogP contribution in [0.4, 0.5) is 11.8 Å². The summed E-state index contributed by atoms with van der Waals surface area (Å²) in [6.07, 6.45) is 0. The lowest BCUT2D eigenvalue weighted by molar-refractivity contribution is 0.356. The summed E-state index contributed by atoms with van der Waals surface area (Å²) in [4.78, 5) is 11.4. The molecule has 190 valence electrons. The Balaban J connectivity index is 0.00000342. The second-order valence-electron chi connectivity index (χ2n) is 9.30. The van der Waals surface area contributed by atoms with Gasteiger partial charge in [0.1, 0.15) is 5.82 Å². The Morgan fingerprint density at radius 1 is 0.914 bits per heavy atom. The van der Waals surface area contributed by atoms with Gasteiger partial charge in [0.15, 0.2) is 11.5 Å². The van der Waals surface area contributed by atoms with Gasteiger partial charge in [-0.1, -0.05) is 32.9 Å². The van der Waals surface area contributed by atoms with Gasteiger partial charge in [0.2, 0.25) is 16.0 Å². The topological polar surface area (TPSA) is 111 Å². The van der Waals surface area contributed by atoms with Gasteiger partial charge in [0, 0.05) is 37.6 Å². The van der Waals surface area contributed by atoms with E-state index in [1.54, 1.807) is 38.5 Å². The van der Waals surface area contributed by atoms with Crippen molar-refractivity contribution in [2.75, 3.05) is 51.0 Å². The fourth-order valence-electron chi connectivity index (χ4n) is 4.01. The molecule has 1 saturated heterocycles. The van der Waals surface area contributed by atoms with Crippen molar-refractivity contribution in [1.82, 2.24) is 14.3 Å². The third kappa shape index (κ3) is 5.24. The minimum Gasteiger partial charge on any atom is -0.493 e. The molecular weight excluding hydrogens is 490 g/mol. The first-order chi connectivity index (χ1) is 16.0. The summed E-state index contributed by atoms with van der Waals surface area (Å²) in [7, 11) is -0.461. The lowest BCUT2D eigenvalue weighted by Crippen LogP contribution is -2.49. The molecule has 35 heavy (non-hydrogen) atoms. The number of fused-ring (bicyclic) bond motifs is 1.